The van der Waals surface area contributed by atoms with Crippen LogP contribution in [0.3, 0.4) is 0 Å². The summed E-state index contributed by atoms with van der Waals surface area (Å²) in [6.45, 7) is 4.39. The molecule has 16 heavy (non-hydrogen) atoms. The van der Waals surface area contributed by atoms with Gasteiger partial charge in [-0.3, -0.25) is 4.79 Å². The van der Waals surface area contributed by atoms with E-state index in [1.165, 1.54) is 6.92 Å². The molecule has 4 heteroatoms. The van der Waals surface area contributed by atoms with Crippen LogP contribution in [0.4, 0.5) is 0 Å². The number of carbonyl (C=O) groups is 1. The Bertz CT molecular complexity index is 363. The molecule has 0 radical (unpaired) electrons. The molecule has 0 saturated carbocycles. The average Bonchev–Trinajstić information content (AvgIpc) is 2.24. The molecule has 0 aromatic heterocycles. The normalized spacial score (nSPS) is 9.69. The van der Waals surface area contributed by atoms with Crippen LogP contribution in [-0.4, -0.2) is 26.2 Å². The van der Waals surface area contributed by atoms with Crippen LogP contribution in [0.1, 0.15) is 12.5 Å². The Balaban J connectivity index is 2.51. The number of benzene rings is 1. The van der Waals surface area contributed by atoms with Crippen molar-refractivity contribution in [1.29, 1.82) is 0 Å². The summed E-state index contributed by atoms with van der Waals surface area (Å²) in [5.74, 6) is 1.35. The van der Waals surface area contributed by atoms with Gasteiger partial charge in [0.05, 0.1) is 13.7 Å². The molecule has 4 nitrogen and oxygen atoms in total. The second-order valence-corrected chi connectivity index (χ2v) is 3.49. The first-order valence-corrected chi connectivity index (χ1v) is 5.15. The van der Waals surface area contributed by atoms with Crippen LogP contribution in [0.2, 0.25) is 0 Å². The number of nitrogens with one attached hydrogen (secondary N) is 1. The van der Waals surface area contributed by atoms with E-state index in [1.807, 2.05) is 25.1 Å². The van der Waals surface area contributed by atoms with Gasteiger partial charge in [-0.25, -0.2) is 0 Å². The average molecular weight is 223 g/mol. The van der Waals surface area contributed by atoms with E-state index in [2.05, 4.69) is 5.32 Å². The van der Waals surface area contributed by atoms with Gasteiger partial charge in [-0.1, -0.05) is 6.07 Å². The smallest absolute Gasteiger partial charge is 0.216 e. The van der Waals surface area contributed by atoms with Crippen molar-refractivity contribution >= 4 is 5.91 Å². The summed E-state index contributed by atoms with van der Waals surface area (Å²) in [6, 6.07) is 5.73. The number of aryl methyl sites for hydroxylation is 1. The van der Waals surface area contributed by atoms with E-state index >= 15 is 0 Å². The highest BCUT2D eigenvalue weighted by Gasteiger charge is 2.03. The second kappa shape index (κ2) is 6.00. The Morgan fingerprint density at radius 3 is 2.75 bits per heavy atom. The van der Waals surface area contributed by atoms with E-state index in [0.717, 1.165) is 5.56 Å². The number of hydrogen-bond donors (Lipinski definition) is 1. The number of amides is 1. The number of carbonyl (C=O) groups excluding carboxylic acids is 1. The van der Waals surface area contributed by atoms with Crippen LogP contribution in [-0.2, 0) is 4.79 Å². The van der Waals surface area contributed by atoms with Crippen molar-refractivity contribution in [3.05, 3.63) is 23.8 Å². The maximum atomic E-state index is 10.6. The minimum absolute atomic E-state index is 0.0557. The van der Waals surface area contributed by atoms with E-state index < -0.39 is 0 Å². The maximum absolute atomic E-state index is 10.6. The Morgan fingerprint density at radius 2 is 2.12 bits per heavy atom. The van der Waals surface area contributed by atoms with Crippen LogP contribution >= 0.6 is 0 Å². The van der Waals surface area contributed by atoms with Crippen molar-refractivity contribution in [2.45, 2.75) is 13.8 Å². The van der Waals surface area contributed by atoms with Crippen molar-refractivity contribution in [1.82, 2.24) is 5.32 Å². The Morgan fingerprint density at radius 1 is 1.38 bits per heavy atom. The summed E-state index contributed by atoms with van der Waals surface area (Å²) in [6.07, 6.45) is 0. The molecule has 88 valence electrons. The van der Waals surface area contributed by atoms with Gasteiger partial charge in [0.2, 0.25) is 5.91 Å². The van der Waals surface area contributed by atoms with Crippen LogP contribution in [0.15, 0.2) is 18.2 Å². The van der Waals surface area contributed by atoms with Crippen LogP contribution in [0, 0.1) is 6.92 Å². The minimum atomic E-state index is -0.0557. The quantitative estimate of drug-likeness (QED) is 0.770. The standard InChI is InChI=1S/C12H17NO3/c1-9-4-5-11(15-3)12(8-9)16-7-6-13-10(2)14/h4-5,8H,6-7H2,1-3H3,(H,13,14). The molecule has 1 N–H and O–H groups in total. The Labute approximate surface area is 95.6 Å². The molecule has 1 aromatic rings. The van der Waals surface area contributed by atoms with E-state index in [0.29, 0.717) is 24.7 Å². The van der Waals surface area contributed by atoms with Crippen molar-refractivity contribution in [2.75, 3.05) is 20.3 Å². The molecule has 1 amide bonds. The fraction of sp³-hybridized carbons (Fsp3) is 0.417. The summed E-state index contributed by atoms with van der Waals surface area (Å²) in [5, 5.41) is 2.66. The molecule has 0 fully saturated rings. The second-order valence-electron chi connectivity index (χ2n) is 3.49. The lowest BCUT2D eigenvalue weighted by Crippen LogP contribution is -2.25. The topological polar surface area (TPSA) is 47.6 Å². The maximum Gasteiger partial charge on any atom is 0.216 e. The highest BCUT2D eigenvalue weighted by Crippen LogP contribution is 2.27. The van der Waals surface area contributed by atoms with E-state index in [4.69, 9.17) is 9.47 Å². The van der Waals surface area contributed by atoms with Crippen molar-refractivity contribution in [3.63, 3.8) is 0 Å². The van der Waals surface area contributed by atoms with E-state index in [9.17, 15) is 4.79 Å². The lowest BCUT2D eigenvalue weighted by atomic mass is 10.2. The monoisotopic (exact) mass is 223 g/mol. The van der Waals surface area contributed by atoms with Crippen molar-refractivity contribution < 1.29 is 14.3 Å². The van der Waals surface area contributed by atoms with Gasteiger partial charge < -0.3 is 14.8 Å². The highest BCUT2D eigenvalue weighted by atomic mass is 16.5. The first kappa shape index (κ1) is 12.4. The molecule has 1 aromatic carbocycles. The molecule has 0 heterocycles. The van der Waals surface area contributed by atoms with Crippen molar-refractivity contribution in [3.8, 4) is 11.5 Å². The molecular formula is C12H17NO3. The third-order valence-electron chi connectivity index (χ3n) is 2.05. The Hall–Kier alpha value is -1.71. The van der Waals surface area contributed by atoms with E-state index in [-0.39, 0.29) is 5.91 Å². The SMILES string of the molecule is COc1ccc(C)cc1OCCNC(C)=O. The molecule has 0 saturated heterocycles. The van der Waals surface area contributed by atoms with Crippen LogP contribution < -0.4 is 14.8 Å². The highest BCUT2D eigenvalue weighted by molar-refractivity contribution is 5.72. The number of hydrogen-bond acceptors (Lipinski definition) is 3. The first-order chi connectivity index (χ1) is 7.63. The van der Waals surface area contributed by atoms with Gasteiger partial charge in [0, 0.05) is 6.92 Å². The summed E-state index contributed by atoms with van der Waals surface area (Å²) < 4.78 is 10.7. The van der Waals surface area contributed by atoms with Gasteiger partial charge in [-0.2, -0.15) is 0 Å². The van der Waals surface area contributed by atoms with E-state index in [1.54, 1.807) is 7.11 Å². The van der Waals surface area contributed by atoms with Gasteiger partial charge in [0.25, 0.3) is 0 Å². The number of methoxy groups -OCH3 is 1. The fourth-order valence-electron chi connectivity index (χ4n) is 1.28. The zero-order chi connectivity index (χ0) is 12.0. The van der Waals surface area contributed by atoms with Gasteiger partial charge in [-0.05, 0) is 24.6 Å². The van der Waals surface area contributed by atoms with Crippen molar-refractivity contribution in [2.24, 2.45) is 0 Å². The molecule has 0 aliphatic heterocycles. The van der Waals surface area contributed by atoms with Crippen LogP contribution in [0.5, 0.6) is 11.5 Å². The zero-order valence-electron chi connectivity index (χ0n) is 9.87. The summed E-state index contributed by atoms with van der Waals surface area (Å²) >= 11 is 0. The van der Waals surface area contributed by atoms with Gasteiger partial charge >= 0.3 is 0 Å². The molecule has 0 aliphatic rings. The molecule has 0 aliphatic carbocycles. The summed E-state index contributed by atoms with van der Waals surface area (Å²) in [7, 11) is 1.60. The molecule has 0 bridgehead atoms. The fourth-order valence-corrected chi connectivity index (χ4v) is 1.28. The largest absolute Gasteiger partial charge is 0.493 e. The number of rotatable bonds is 5. The van der Waals surface area contributed by atoms with Gasteiger partial charge in [-0.15, -0.1) is 0 Å². The molecule has 0 spiro atoms. The Kier molecular flexibility index (Phi) is 4.64. The predicted octanol–water partition coefficient (Wildman–Crippen LogP) is 1.52. The lowest BCUT2D eigenvalue weighted by Gasteiger charge is -2.11. The molecule has 1 rings (SSSR count). The first-order valence-electron chi connectivity index (χ1n) is 5.15. The van der Waals surface area contributed by atoms with Gasteiger partial charge in [0.1, 0.15) is 6.61 Å². The molecule has 0 atom stereocenters. The lowest BCUT2D eigenvalue weighted by molar-refractivity contribution is -0.119. The van der Waals surface area contributed by atoms with Gasteiger partial charge in [0.15, 0.2) is 11.5 Å². The molecule has 0 unspecified atom stereocenters. The summed E-state index contributed by atoms with van der Waals surface area (Å²) in [5.41, 5.74) is 1.11. The third-order valence-corrected chi connectivity index (χ3v) is 2.05. The zero-order valence-corrected chi connectivity index (χ0v) is 9.87. The third kappa shape index (κ3) is 3.81. The summed E-state index contributed by atoms with van der Waals surface area (Å²) in [4.78, 5) is 10.6. The minimum Gasteiger partial charge on any atom is -0.493 e. The number of ether oxygens (including phenoxy) is 2. The van der Waals surface area contributed by atoms with Crippen LogP contribution in [0.25, 0.3) is 0 Å². The predicted molar refractivity (Wildman–Crippen MR) is 61.9 cm³/mol. The molecular weight excluding hydrogens is 206 g/mol.